The Balaban J connectivity index is 1.74. The Bertz CT molecular complexity index is 768. The van der Waals surface area contributed by atoms with E-state index >= 15 is 0 Å². The molecule has 0 aliphatic carbocycles. The van der Waals surface area contributed by atoms with Crippen LogP contribution in [0.15, 0.2) is 34.7 Å². The molecule has 0 saturated carbocycles. The monoisotopic (exact) mass is 362 g/mol. The highest BCUT2D eigenvalue weighted by molar-refractivity contribution is 7.89. The van der Waals surface area contributed by atoms with Crippen molar-refractivity contribution in [1.29, 1.82) is 0 Å². The lowest BCUT2D eigenvalue weighted by atomic mass is 10.3. The lowest BCUT2D eigenvalue weighted by Gasteiger charge is -2.16. The first-order chi connectivity index (χ1) is 10.5. The minimum absolute atomic E-state index is 0.0196. The van der Waals surface area contributed by atoms with E-state index in [1.54, 1.807) is 11.6 Å². The molecule has 1 aliphatic rings. The zero-order valence-corrected chi connectivity index (χ0v) is 13.7. The molecule has 1 saturated heterocycles. The number of hydrogen-bond donors (Lipinski definition) is 0. The van der Waals surface area contributed by atoms with Crippen molar-refractivity contribution in [2.45, 2.75) is 17.4 Å². The van der Waals surface area contributed by atoms with E-state index in [-0.39, 0.29) is 22.6 Å². The fourth-order valence-corrected chi connectivity index (χ4v) is 4.52. The van der Waals surface area contributed by atoms with Gasteiger partial charge in [-0.15, -0.1) is 0 Å². The summed E-state index contributed by atoms with van der Waals surface area (Å²) in [7, 11) is -3.70. The Morgan fingerprint density at radius 1 is 1.45 bits per heavy atom. The van der Waals surface area contributed by atoms with Gasteiger partial charge < -0.3 is 4.74 Å². The van der Waals surface area contributed by atoms with Crippen molar-refractivity contribution in [3.8, 4) is 5.19 Å². The number of halogens is 2. The third-order valence-corrected chi connectivity index (χ3v) is 6.13. The Hall–Kier alpha value is -1.22. The third kappa shape index (κ3) is 3.10. The van der Waals surface area contributed by atoms with Crippen LogP contribution in [0.5, 0.6) is 5.19 Å². The number of benzene rings is 1. The summed E-state index contributed by atoms with van der Waals surface area (Å²) < 4.78 is 45.2. The van der Waals surface area contributed by atoms with Gasteiger partial charge in [0.15, 0.2) is 0 Å². The van der Waals surface area contributed by atoms with Crippen molar-refractivity contribution >= 4 is 33.0 Å². The SMILES string of the molecule is O=S(=O)(c1ccc(F)c(Cl)c1)N1CCC(Oc2nccs2)C1. The number of nitrogens with zero attached hydrogens (tertiary/aromatic N) is 2. The Morgan fingerprint density at radius 2 is 2.27 bits per heavy atom. The molecule has 2 aromatic rings. The minimum Gasteiger partial charge on any atom is -0.465 e. The molecule has 22 heavy (non-hydrogen) atoms. The zero-order valence-electron chi connectivity index (χ0n) is 11.3. The van der Waals surface area contributed by atoms with E-state index in [4.69, 9.17) is 16.3 Å². The summed E-state index contributed by atoms with van der Waals surface area (Å²) in [6, 6.07) is 3.39. The predicted molar refractivity (Wildman–Crippen MR) is 81.3 cm³/mol. The van der Waals surface area contributed by atoms with E-state index in [0.29, 0.717) is 18.2 Å². The maximum absolute atomic E-state index is 13.2. The van der Waals surface area contributed by atoms with Crippen molar-refractivity contribution < 1.29 is 17.5 Å². The number of thiazole rings is 1. The van der Waals surface area contributed by atoms with Gasteiger partial charge in [0, 0.05) is 18.1 Å². The quantitative estimate of drug-likeness (QED) is 0.839. The van der Waals surface area contributed by atoms with Crippen LogP contribution in [-0.2, 0) is 10.0 Å². The van der Waals surface area contributed by atoms with Crippen LogP contribution in [0.3, 0.4) is 0 Å². The van der Waals surface area contributed by atoms with Crippen LogP contribution in [0.4, 0.5) is 4.39 Å². The molecule has 1 atom stereocenters. The maximum atomic E-state index is 13.2. The molecular formula is C13H12ClFN2O3S2. The molecule has 118 valence electrons. The summed E-state index contributed by atoms with van der Waals surface area (Å²) in [6.07, 6.45) is 1.97. The summed E-state index contributed by atoms with van der Waals surface area (Å²) in [5.74, 6) is -0.646. The number of hydrogen-bond acceptors (Lipinski definition) is 5. The maximum Gasteiger partial charge on any atom is 0.273 e. The first-order valence-corrected chi connectivity index (χ1v) is 9.18. The molecule has 1 aliphatic heterocycles. The summed E-state index contributed by atoms with van der Waals surface area (Å²) in [5, 5.41) is 2.10. The summed E-state index contributed by atoms with van der Waals surface area (Å²) in [6.45, 7) is 0.574. The fraction of sp³-hybridized carbons (Fsp3) is 0.308. The van der Waals surface area contributed by atoms with E-state index in [0.717, 1.165) is 12.1 Å². The van der Waals surface area contributed by atoms with Crippen LogP contribution in [0, 0.1) is 5.82 Å². The van der Waals surface area contributed by atoms with E-state index in [9.17, 15) is 12.8 Å². The molecule has 0 N–H and O–H groups in total. The molecule has 2 heterocycles. The normalized spacial score (nSPS) is 19.5. The number of aromatic nitrogens is 1. The molecule has 0 radical (unpaired) electrons. The lowest BCUT2D eigenvalue weighted by molar-refractivity contribution is 0.214. The van der Waals surface area contributed by atoms with E-state index in [1.807, 2.05) is 0 Å². The molecule has 3 rings (SSSR count). The number of rotatable bonds is 4. The molecule has 0 spiro atoms. The minimum atomic E-state index is -3.70. The van der Waals surface area contributed by atoms with Gasteiger partial charge in [-0.1, -0.05) is 22.9 Å². The highest BCUT2D eigenvalue weighted by atomic mass is 35.5. The molecule has 1 aromatic heterocycles. The Kier molecular flexibility index (Phi) is 4.35. The van der Waals surface area contributed by atoms with Crippen LogP contribution in [0.25, 0.3) is 0 Å². The van der Waals surface area contributed by atoms with Gasteiger partial charge in [0.2, 0.25) is 10.0 Å². The van der Waals surface area contributed by atoms with E-state index in [1.165, 1.54) is 21.7 Å². The van der Waals surface area contributed by atoms with E-state index < -0.39 is 15.8 Å². The molecule has 0 amide bonds. The molecule has 9 heteroatoms. The number of ether oxygens (including phenoxy) is 1. The van der Waals surface area contributed by atoms with Crippen LogP contribution >= 0.6 is 22.9 Å². The van der Waals surface area contributed by atoms with Gasteiger partial charge in [-0.2, -0.15) is 4.31 Å². The van der Waals surface area contributed by atoms with Gasteiger partial charge in [0.1, 0.15) is 11.9 Å². The van der Waals surface area contributed by atoms with Crippen molar-refractivity contribution in [3.05, 3.63) is 40.6 Å². The van der Waals surface area contributed by atoms with E-state index in [2.05, 4.69) is 4.98 Å². The average Bonchev–Trinajstić information content (AvgIpc) is 3.14. The molecule has 1 aromatic carbocycles. The van der Waals surface area contributed by atoms with Crippen molar-refractivity contribution in [2.75, 3.05) is 13.1 Å². The van der Waals surface area contributed by atoms with Gasteiger partial charge in [0.05, 0.1) is 16.5 Å². The van der Waals surface area contributed by atoms with Crippen LogP contribution in [0.1, 0.15) is 6.42 Å². The largest absolute Gasteiger partial charge is 0.465 e. The number of sulfonamides is 1. The molecular weight excluding hydrogens is 351 g/mol. The summed E-state index contributed by atoms with van der Waals surface area (Å²) in [5.41, 5.74) is 0. The highest BCUT2D eigenvalue weighted by Crippen LogP contribution is 2.27. The lowest BCUT2D eigenvalue weighted by Crippen LogP contribution is -2.31. The standard InChI is InChI=1S/C13H12ClFN2O3S2/c14-11-7-10(1-2-12(11)15)22(18,19)17-5-3-9(8-17)20-13-16-4-6-21-13/h1-2,4,6-7,9H,3,5,8H2. The summed E-state index contributed by atoms with van der Waals surface area (Å²) in [4.78, 5) is 4.00. The van der Waals surface area contributed by atoms with Crippen LogP contribution in [0.2, 0.25) is 5.02 Å². The van der Waals surface area contributed by atoms with Gasteiger partial charge in [0.25, 0.3) is 5.19 Å². The Morgan fingerprint density at radius 3 is 2.95 bits per heavy atom. The third-order valence-electron chi connectivity index (χ3n) is 3.31. The smallest absolute Gasteiger partial charge is 0.273 e. The van der Waals surface area contributed by atoms with Gasteiger partial charge in [-0.25, -0.2) is 17.8 Å². The second-order valence-corrected chi connectivity index (χ2v) is 7.97. The first kappa shape index (κ1) is 15.7. The Labute approximate surface area is 136 Å². The second kappa shape index (κ2) is 6.11. The molecule has 5 nitrogen and oxygen atoms in total. The topological polar surface area (TPSA) is 59.5 Å². The fourth-order valence-electron chi connectivity index (χ4n) is 2.21. The first-order valence-electron chi connectivity index (χ1n) is 6.48. The molecule has 1 unspecified atom stereocenters. The summed E-state index contributed by atoms with van der Waals surface area (Å²) >= 11 is 7.02. The zero-order chi connectivity index (χ0) is 15.7. The van der Waals surface area contributed by atoms with Crippen LogP contribution in [-0.4, -0.2) is 36.9 Å². The van der Waals surface area contributed by atoms with Gasteiger partial charge in [-0.3, -0.25) is 0 Å². The van der Waals surface area contributed by atoms with Crippen LogP contribution < -0.4 is 4.74 Å². The molecule has 1 fully saturated rings. The average molecular weight is 363 g/mol. The second-order valence-electron chi connectivity index (χ2n) is 4.77. The molecule has 0 bridgehead atoms. The van der Waals surface area contributed by atoms with Crippen molar-refractivity contribution in [1.82, 2.24) is 9.29 Å². The van der Waals surface area contributed by atoms with Gasteiger partial charge in [-0.05, 0) is 24.6 Å². The van der Waals surface area contributed by atoms with Gasteiger partial charge >= 0.3 is 0 Å². The van der Waals surface area contributed by atoms with Crippen molar-refractivity contribution in [2.24, 2.45) is 0 Å². The predicted octanol–water partition coefficient (Wildman–Crippen LogP) is 2.78. The van der Waals surface area contributed by atoms with Crippen molar-refractivity contribution in [3.63, 3.8) is 0 Å². The highest BCUT2D eigenvalue weighted by Gasteiger charge is 2.34.